The van der Waals surface area contributed by atoms with Crippen molar-refractivity contribution in [2.45, 2.75) is 25.2 Å². The first-order valence-electron chi connectivity index (χ1n) is 8.64. The van der Waals surface area contributed by atoms with Gasteiger partial charge in [0.2, 0.25) is 5.76 Å². The third-order valence-corrected chi connectivity index (χ3v) is 4.20. The van der Waals surface area contributed by atoms with Gasteiger partial charge in [-0.05, 0) is 17.2 Å². The van der Waals surface area contributed by atoms with Crippen LogP contribution in [0.25, 0.3) is 0 Å². The smallest absolute Gasteiger partial charge is 0.410 e. The highest BCUT2D eigenvalue weighted by Crippen LogP contribution is 2.30. The molecule has 0 fully saturated rings. The molecule has 0 radical (unpaired) electrons. The molecule has 0 bridgehead atoms. The van der Waals surface area contributed by atoms with Crippen molar-refractivity contribution in [1.29, 1.82) is 0 Å². The summed E-state index contributed by atoms with van der Waals surface area (Å²) in [6.07, 6.45) is 0.888. The first-order valence-corrected chi connectivity index (χ1v) is 8.64. The van der Waals surface area contributed by atoms with Gasteiger partial charge in [-0.2, -0.15) is 0 Å². The Morgan fingerprint density at radius 3 is 2.41 bits per heavy atom. The molecule has 1 amide bonds. The Balaban J connectivity index is 1.65. The van der Waals surface area contributed by atoms with E-state index in [9.17, 15) is 9.59 Å². The summed E-state index contributed by atoms with van der Waals surface area (Å²) in [4.78, 5) is 24.1. The molecule has 1 N–H and O–H groups in total. The highest BCUT2D eigenvalue weighted by molar-refractivity contribution is 5.86. The molecule has 140 valence electrons. The zero-order valence-corrected chi connectivity index (χ0v) is 15.0. The summed E-state index contributed by atoms with van der Waals surface area (Å²) >= 11 is 0. The molecule has 0 unspecified atom stereocenters. The third kappa shape index (κ3) is 5.10. The zero-order valence-electron chi connectivity index (χ0n) is 15.0. The molecule has 1 aliphatic heterocycles. The molecular formula is C21H21NO5. The lowest BCUT2D eigenvalue weighted by atomic mass is 9.92. The highest BCUT2D eigenvalue weighted by Gasteiger charge is 2.29. The maximum absolute atomic E-state index is 12.1. The minimum Gasteiger partial charge on any atom is -0.463 e. The second-order valence-corrected chi connectivity index (χ2v) is 6.09. The van der Waals surface area contributed by atoms with E-state index in [-0.39, 0.29) is 18.3 Å². The average Bonchev–Trinajstić information content (AvgIpc) is 2.73. The summed E-state index contributed by atoms with van der Waals surface area (Å²) in [5, 5.41) is 2.67. The molecule has 0 aromatic heterocycles. The summed E-state index contributed by atoms with van der Waals surface area (Å²) in [6, 6.07) is 19.1. The van der Waals surface area contributed by atoms with Gasteiger partial charge >= 0.3 is 12.1 Å². The Morgan fingerprint density at radius 2 is 1.74 bits per heavy atom. The number of esters is 1. The minimum absolute atomic E-state index is 0.0750. The van der Waals surface area contributed by atoms with Crippen LogP contribution in [0.5, 0.6) is 0 Å². The van der Waals surface area contributed by atoms with Crippen molar-refractivity contribution in [2.24, 2.45) is 0 Å². The van der Waals surface area contributed by atoms with Gasteiger partial charge in [0.1, 0.15) is 6.61 Å². The molecule has 2 atom stereocenters. The van der Waals surface area contributed by atoms with Crippen molar-refractivity contribution in [3.8, 4) is 0 Å². The van der Waals surface area contributed by atoms with Crippen LogP contribution in [0.2, 0.25) is 0 Å². The topological polar surface area (TPSA) is 73.9 Å². The van der Waals surface area contributed by atoms with Crippen LogP contribution in [0.4, 0.5) is 4.79 Å². The Morgan fingerprint density at radius 1 is 1.07 bits per heavy atom. The molecule has 0 spiro atoms. The van der Waals surface area contributed by atoms with Gasteiger partial charge in [-0.25, -0.2) is 9.59 Å². The number of hydrogen-bond donors (Lipinski definition) is 1. The SMILES string of the molecule is COC(=O)C1=C[C@H](c2ccccc2)C[C@H](NC(=O)OCc2ccccc2)O1. The molecule has 0 saturated carbocycles. The van der Waals surface area contributed by atoms with Gasteiger partial charge in [0.05, 0.1) is 7.11 Å². The summed E-state index contributed by atoms with van der Waals surface area (Å²) < 4.78 is 15.6. The second kappa shape index (κ2) is 8.89. The number of hydrogen-bond acceptors (Lipinski definition) is 5. The number of rotatable bonds is 5. The quantitative estimate of drug-likeness (QED) is 0.819. The summed E-state index contributed by atoms with van der Waals surface area (Å²) in [5.74, 6) is -0.598. The van der Waals surface area contributed by atoms with Crippen LogP contribution in [-0.4, -0.2) is 25.4 Å². The van der Waals surface area contributed by atoms with Crippen molar-refractivity contribution in [3.63, 3.8) is 0 Å². The normalized spacial score (nSPS) is 18.6. The van der Waals surface area contributed by atoms with Gasteiger partial charge in [0.15, 0.2) is 6.23 Å². The zero-order chi connectivity index (χ0) is 19.1. The molecule has 6 heteroatoms. The summed E-state index contributed by atoms with van der Waals surface area (Å²) in [5.41, 5.74) is 1.90. The van der Waals surface area contributed by atoms with Crippen LogP contribution >= 0.6 is 0 Å². The maximum atomic E-state index is 12.1. The number of carbonyl (C=O) groups is 2. The summed E-state index contributed by atoms with van der Waals surface area (Å²) in [6.45, 7) is 0.154. The fourth-order valence-electron chi connectivity index (χ4n) is 2.86. The lowest BCUT2D eigenvalue weighted by Crippen LogP contribution is -2.40. The van der Waals surface area contributed by atoms with Crippen molar-refractivity contribution in [1.82, 2.24) is 5.32 Å². The van der Waals surface area contributed by atoms with Gasteiger partial charge in [-0.3, -0.25) is 5.32 Å². The predicted octanol–water partition coefficient (Wildman–Crippen LogP) is 3.50. The largest absolute Gasteiger partial charge is 0.463 e. The molecule has 1 aliphatic rings. The minimum atomic E-state index is -0.697. The van der Waals surface area contributed by atoms with E-state index in [1.807, 2.05) is 60.7 Å². The number of allylic oxidation sites excluding steroid dienone is 1. The summed E-state index contributed by atoms with van der Waals surface area (Å²) in [7, 11) is 1.29. The molecule has 0 saturated heterocycles. The molecule has 3 rings (SSSR count). The fraction of sp³-hybridized carbons (Fsp3) is 0.238. The van der Waals surface area contributed by atoms with Crippen LogP contribution < -0.4 is 5.32 Å². The molecule has 27 heavy (non-hydrogen) atoms. The Bertz CT molecular complexity index is 804. The van der Waals surface area contributed by atoms with Crippen molar-refractivity contribution in [2.75, 3.05) is 7.11 Å². The van der Waals surface area contributed by atoms with E-state index in [1.54, 1.807) is 6.08 Å². The van der Waals surface area contributed by atoms with E-state index >= 15 is 0 Å². The van der Waals surface area contributed by atoms with E-state index in [2.05, 4.69) is 5.32 Å². The number of carbonyl (C=O) groups excluding carboxylic acids is 2. The van der Waals surface area contributed by atoms with Crippen LogP contribution in [0.1, 0.15) is 23.5 Å². The molecule has 2 aromatic carbocycles. The fourth-order valence-corrected chi connectivity index (χ4v) is 2.86. The number of nitrogens with one attached hydrogen (secondary N) is 1. The van der Waals surface area contributed by atoms with Gasteiger partial charge in [-0.1, -0.05) is 60.7 Å². The third-order valence-electron chi connectivity index (χ3n) is 4.20. The lowest BCUT2D eigenvalue weighted by Gasteiger charge is -2.29. The number of benzene rings is 2. The number of methoxy groups -OCH3 is 1. The molecule has 6 nitrogen and oxygen atoms in total. The van der Waals surface area contributed by atoms with E-state index in [4.69, 9.17) is 14.2 Å². The number of amides is 1. The lowest BCUT2D eigenvalue weighted by molar-refractivity contribution is -0.142. The van der Waals surface area contributed by atoms with Gasteiger partial charge in [-0.15, -0.1) is 0 Å². The number of alkyl carbamates (subject to hydrolysis) is 1. The van der Waals surface area contributed by atoms with Gasteiger partial charge in [0.25, 0.3) is 0 Å². The Hall–Kier alpha value is -3.28. The van der Waals surface area contributed by atoms with Gasteiger partial charge in [0, 0.05) is 12.3 Å². The van der Waals surface area contributed by atoms with Crippen LogP contribution in [0, 0.1) is 0 Å². The first-order chi connectivity index (χ1) is 13.2. The predicted molar refractivity (Wildman–Crippen MR) is 98.5 cm³/mol. The van der Waals surface area contributed by atoms with E-state index in [0.29, 0.717) is 6.42 Å². The first kappa shape index (κ1) is 18.5. The highest BCUT2D eigenvalue weighted by atomic mass is 16.6. The Labute approximate surface area is 157 Å². The maximum Gasteiger partial charge on any atom is 0.410 e. The number of ether oxygens (including phenoxy) is 3. The van der Waals surface area contributed by atoms with Crippen LogP contribution in [0.3, 0.4) is 0 Å². The molecule has 2 aromatic rings. The monoisotopic (exact) mass is 367 g/mol. The standard InChI is InChI=1S/C21H21NO5/c1-25-20(23)18-12-17(16-10-6-3-7-11-16)13-19(27-18)22-21(24)26-14-15-8-4-2-5-9-15/h2-12,17,19H,13-14H2,1H3,(H,22,24)/t17-,19+/m0/s1. The van der Waals surface area contributed by atoms with Crippen molar-refractivity contribution in [3.05, 3.63) is 83.6 Å². The Kier molecular flexibility index (Phi) is 6.10. The van der Waals surface area contributed by atoms with Crippen LogP contribution in [-0.2, 0) is 25.6 Å². The average molecular weight is 367 g/mol. The van der Waals surface area contributed by atoms with Crippen LogP contribution in [0.15, 0.2) is 72.5 Å². The van der Waals surface area contributed by atoms with E-state index in [0.717, 1.165) is 11.1 Å². The molecule has 1 heterocycles. The van der Waals surface area contributed by atoms with E-state index in [1.165, 1.54) is 7.11 Å². The second-order valence-electron chi connectivity index (χ2n) is 6.09. The molecular weight excluding hydrogens is 346 g/mol. The van der Waals surface area contributed by atoms with Crippen molar-refractivity contribution < 1.29 is 23.8 Å². The molecule has 0 aliphatic carbocycles. The van der Waals surface area contributed by atoms with Gasteiger partial charge < -0.3 is 14.2 Å². The van der Waals surface area contributed by atoms with Crippen molar-refractivity contribution >= 4 is 12.1 Å². The van der Waals surface area contributed by atoms with E-state index < -0.39 is 18.3 Å².